The maximum atomic E-state index is 6.00. The molecule has 1 aliphatic rings. The zero-order valence-corrected chi connectivity index (χ0v) is 10.1. The van der Waals surface area contributed by atoms with Gasteiger partial charge in [0.1, 0.15) is 5.60 Å². The van der Waals surface area contributed by atoms with Crippen molar-refractivity contribution >= 4 is 0 Å². The van der Waals surface area contributed by atoms with Crippen molar-refractivity contribution < 1.29 is 9.26 Å². The maximum absolute atomic E-state index is 6.00. The van der Waals surface area contributed by atoms with Gasteiger partial charge < -0.3 is 15.0 Å². The van der Waals surface area contributed by atoms with Crippen LogP contribution in [-0.4, -0.2) is 16.7 Å². The maximum Gasteiger partial charge on any atom is 0.246 e. The van der Waals surface area contributed by atoms with Gasteiger partial charge in [0.2, 0.25) is 11.7 Å². The molecule has 0 amide bonds. The van der Waals surface area contributed by atoms with Gasteiger partial charge >= 0.3 is 0 Å². The molecule has 0 aromatic carbocycles. The van der Waals surface area contributed by atoms with Gasteiger partial charge in [0, 0.05) is 6.61 Å². The Balaban J connectivity index is 2.22. The standard InChI is InChI=1S/C11H19N3O2/c1-4-10(3,15-5-2)8-13-9(16-14-8)11(12)6-7-11/h4-7,12H2,1-3H3. The summed E-state index contributed by atoms with van der Waals surface area (Å²) in [5.41, 5.74) is 5.16. The van der Waals surface area contributed by atoms with E-state index in [0.717, 1.165) is 19.3 Å². The van der Waals surface area contributed by atoms with Gasteiger partial charge in [-0.1, -0.05) is 12.1 Å². The van der Waals surface area contributed by atoms with Crippen molar-refractivity contribution in [3.05, 3.63) is 11.7 Å². The lowest BCUT2D eigenvalue weighted by Crippen LogP contribution is -2.27. The zero-order valence-electron chi connectivity index (χ0n) is 10.1. The molecular formula is C11H19N3O2. The molecule has 0 spiro atoms. The molecule has 0 saturated heterocycles. The van der Waals surface area contributed by atoms with Crippen LogP contribution in [0.15, 0.2) is 4.52 Å². The first-order valence-corrected chi connectivity index (χ1v) is 5.81. The van der Waals surface area contributed by atoms with E-state index in [-0.39, 0.29) is 5.54 Å². The first-order chi connectivity index (χ1) is 7.54. The fourth-order valence-electron chi connectivity index (χ4n) is 1.63. The van der Waals surface area contributed by atoms with Gasteiger partial charge in [-0.3, -0.25) is 0 Å². The fraction of sp³-hybridized carbons (Fsp3) is 0.818. The van der Waals surface area contributed by atoms with E-state index in [1.807, 2.05) is 20.8 Å². The van der Waals surface area contributed by atoms with E-state index in [4.69, 9.17) is 15.0 Å². The van der Waals surface area contributed by atoms with Crippen molar-refractivity contribution in [2.45, 2.75) is 51.2 Å². The summed E-state index contributed by atoms with van der Waals surface area (Å²) in [7, 11) is 0. The smallest absolute Gasteiger partial charge is 0.246 e. The third kappa shape index (κ3) is 1.85. The minimum absolute atomic E-state index is 0.369. The number of hydrogen-bond donors (Lipinski definition) is 1. The Morgan fingerprint density at radius 3 is 2.69 bits per heavy atom. The highest BCUT2D eigenvalue weighted by atomic mass is 16.5. The molecule has 1 aliphatic carbocycles. The largest absolute Gasteiger partial charge is 0.367 e. The van der Waals surface area contributed by atoms with Gasteiger partial charge in [0.05, 0.1) is 5.54 Å². The summed E-state index contributed by atoms with van der Waals surface area (Å²) in [6, 6.07) is 0. The van der Waals surface area contributed by atoms with Crippen LogP contribution in [0.1, 0.15) is 51.7 Å². The molecule has 0 bridgehead atoms. The van der Waals surface area contributed by atoms with Crippen molar-refractivity contribution in [1.82, 2.24) is 10.1 Å². The summed E-state index contributed by atoms with van der Waals surface area (Å²) in [5.74, 6) is 1.14. The molecule has 2 rings (SSSR count). The monoisotopic (exact) mass is 225 g/mol. The molecular weight excluding hydrogens is 206 g/mol. The molecule has 1 heterocycles. The second-order valence-electron chi connectivity index (χ2n) is 4.60. The molecule has 90 valence electrons. The van der Waals surface area contributed by atoms with Crippen molar-refractivity contribution in [2.75, 3.05) is 6.61 Å². The van der Waals surface area contributed by atoms with Gasteiger partial charge in [-0.2, -0.15) is 4.98 Å². The summed E-state index contributed by atoms with van der Waals surface area (Å²) in [6.07, 6.45) is 2.65. The van der Waals surface area contributed by atoms with Crippen LogP contribution in [-0.2, 0) is 15.9 Å². The van der Waals surface area contributed by atoms with E-state index in [1.54, 1.807) is 0 Å². The highest BCUT2D eigenvalue weighted by Gasteiger charge is 2.46. The van der Waals surface area contributed by atoms with Gasteiger partial charge in [-0.05, 0) is 33.1 Å². The Morgan fingerprint density at radius 1 is 1.50 bits per heavy atom. The topological polar surface area (TPSA) is 74.2 Å². The second-order valence-corrected chi connectivity index (χ2v) is 4.60. The molecule has 5 heteroatoms. The second kappa shape index (κ2) is 3.82. The molecule has 0 radical (unpaired) electrons. The summed E-state index contributed by atoms with van der Waals surface area (Å²) in [6.45, 7) is 6.60. The van der Waals surface area contributed by atoms with Gasteiger partial charge in [0.15, 0.2) is 0 Å². The van der Waals surface area contributed by atoms with Gasteiger partial charge in [0.25, 0.3) is 0 Å². The molecule has 16 heavy (non-hydrogen) atoms. The van der Waals surface area contributed by atoms with Crippen molar-refractivity contribution in [3.63, 3.8) is 0 Å². The van der Waals surface area contributed by atoms with Crippen LogP contribution < -0.4 is 5.73 Å². The minimum Gasteiger partial charge on any atom is -0.367 e. The van der Waals surface area contributed by atoms with Crippen molar-refractivity contribution in [1.29, 1.82) is 0 Å². The zero-order chi connectivity index (χ0) is 11.8. The Bertz CT molecular complexity index is 373. The van der Waals surface area contributed by atoms with Crippen LogP contribution in [0.4, 0.5) is 0 Å². The molecule has 2 N–H and O–H groups in total. The summed E-state index contributed by atoms with van der Waals surface area (Å²) >= 11 is 0. The van der Waals surface area contributed by atoms with Gasteiger partial charge in [-0.15, -0.1) is 0 Å². The number of nitrogens with zero attached hydrogens (tertiary/aromatic N) is 2. The average molecular weight is 225 g/mol. The van der Waals surface area contributed by atoms with E-state index < -0.39 is 5.60 Å². The lowest BCUT2D eigenvalue weighted by molar-refractivity contribution is -0.0403. The van der Waals surface area contributed by atoms with Crippen molar-refractivity contribution in [3.8, 4) is 0 Å². The molecule has 1 aromatic rings. The minimum atomic E-state index is -0.470. The van der Waals surface area contributed by atoms with Crippen LogP contribution in [0.2, 0.25) is 0 Å². The lowest BCUT2D eigenvalue weighted by atomic mass is 10.0. The molecule has 5 nitrogen and oxygen atoms in total. The average Bonchev–Trinajstić information content (AvgIpc) is 2.84. The highest BCUT2D eigenvalue weighted by molar-refractivity contribution is 5.13. The van der Waals surface area contributed by atoms with Crippen LogP contribution in [0.5, 0.6) is 0 Å². The third-order valence-electron chi connectivity index (χ3n) is 3.25. The molecule has 0 aliphatic heterocycles. The summed E-state index contributed by atoms with van der Waals surface area (Å²) in [4.78, 5) is 4.38. The van der Waals surface area contributed by atoms with Crippen LogP contribution >= 0.6 is 0 Å². The molecule has 1 atom stereocenters. The fourth-order valence-corrected chi connectivity index (χ4v) is 1.63. The predicted octanol–water partition coefficient (Wildman–Crippen LogP) is 1.68. The number of rotatable bonds is 5. The Kier molecular flexibility index (Phi) is 2.75. The van der Waals surface area contributed by atoms with E-state index in [0.29, 0.717) is 18.3 Å². The van der Waals surface area contributed by atoms with Gasteiger partial charge in [-0.25, -0.2) is 0 Å². The number of ether oxygens (including phenoxy) is 1. The van der Waals surface area contributed by atoms with Crippen LogP contribution in [0, 0.1) is 0 Å². The van der Waals surface area contributed by atoms with E-state index in [2.05, 4.69) is 10.1 Å². The quantitative estimate of drug-likeness (QED) is 0.825. The van der Waals surface area contributed by atoms with Crippen LogP contribution in [0.25, 0.3) is 0 Å². The summed E-state index contributed by atoms with van der Waals surface area (Å²) < 4.78 is 10.9. The number of hydrogen-bond acceptors (Lipinski definition) is 5. The first-order valence-electron chi connectivity index (χ1n) is 5.81. The molecule has 1 fully saturated rings. The number of nitrogens with two attached hydrogens (primary N) is 1. The summed E-state index contributed by atoms with van der Waals surface area (Å²) in [5, 5.41) is 3.99. The Morgan fingerprint density at radius 2 is 2.19 bits per heavy atom. The van der Waals surface area contributed by atoms with Crippen LogP contribution in [0.3, 0.4) is 0 Å². The molecule has 1 saturated carbocycles. The van der Waals surface area contributed by atoms with E-state index >= 15 is 0 Å². The first kappa shape index (κ1) is 11.5. The number of aromatic nitrogens is 2. The van der Waals surface area contributed by atoms with Crippen molar-refractivity contribution in [2.24, 2.45) is 5.73 Å². The predicted molar refractivity (Wildman–Crippen MR) is 58.7 cm³/mol. The van der Waals surface area contributed by atoms with E-state index in [9.17, 15) is 0 Å². The normalized spacial score (nSPS) is 21.8. The van der Waals surface area contributed by atoms with E-state index in [1.165, 1.54) is 0 Å². The SMILES string of the molecule is CCOC(C)(CC)c1noc(C2(N)CC2)n1. The highest BCUT2D eigenvalue weighted by Crippen LogP contribution is 2.42. The third-order valence-corrected chi connectivity index (χ3v) is 3.25. The molecule has 1 unspecified atom stereocenters. The lowest BCUT2D eigenvalue weighted by Gasteiger charge is -2.23. The Labute approximate surface area is 95.3 Å². The molecule has 1 aromatic heterocycles. The Hall–Kier alpha value is -0.940.